The van der Waals surface area contributed by atoms with Crippen molar-refractivity contribution in [2.45, 2.75) is 31.0 Å². The van der Waals surface area contributed by atoms with Crippen molar-refractivity contribution in [3.05, 3.63) is 166 Å². The van der Waals surface area contributed by atoms with E-state index in [1.165, 1.54) is 0 Å². The standard InChI is InChI=1S/C24H27N7O.C22H23N7O2.C21H23N7O2/c1-30-13-19(10-27-30)17-5-3-6-18(9-17)22-25-12-21(20-11-28-31(2)14-20)23(29-22)26-15-24(16-32)7-4-8-24;1-28-10-17(7-25-28)15-4-3-5-16(6-15)20-23-9-19(18-8-26-29(2)11-18)21(27-20)24-12-22(30)13-31-14-22;1-27-11-16(7-24-27)14-4-3-5-15(6-14)20-23-10-19(17-8-25-28(2)12-17)21(26-20)22-9-18(30)13-29/h3,5-6,9-14,32H,4,7-8,15-16H2,1-2H3,(H,25,26,29);3-11,30H,12-14H2,1-2H3,(H,23,24,27);3-8,10-12,18,29-30H,9,13H2,1-2H3,(H,22,23,26)/t;;18-/m..0/s1. The molecule has 14 rings (SSSR count). The molecule has 2 fully saturated rings. The van der Waals surface area contributed by atoms with E-state index in [9.17, 15) is 15.3 Å². The van der Waals surface area contributed by atoms with Gasteiger partial charge in [0.05, 0.1) is 69.7 Å². The van der Waals surface area contributed by atoms with Crippen LogP contribution in [0, 0.1) is 5.41 Å². The fourth-order valence-electron chi connectivity index (χ4n) is 10.8. The van der Waals surface area contributed by atoms with Crippen LogP contribution in [0.25, 0.3) is 101 Å². The number of ether oxygens (including phenoxy) is 1. The van der Waals surface area contributed by atoms with Crippen molar-refractivity contribution in [2.75, 3.05) is 62.0 Å². The summed E-state index contributed by atoms with van der Waals surface area (Å²) < 4.78 is 15.7. The number of anilines is 3. The van der Waals surface area contributed by atoms with Gasteiger partial charge in [0.15, 0.2) is 17.5 Å². The molecule has 1 aliphatic carbocycles. The monoisotopic (exact) mass is 1250 g/mol. The van der Waals surface area contributed by atoms with Crippen LogP contribution in [0.5, 0.6) is 0 Å². The van der Waals surface area contributed by atoms with Crippen LogP contribution in [0.3, 0.4) is 0 Å². The van der Waals surface area contributed by atoms with Crippen LogP contribution >= 0.6 is 0 Å². The highest BCUT2D eigenvalue weighted by atomic mass is 16.5. The van der Waals surface area contributed by atoms with Gasteiger partial charge in [0.1, 0.15) is 23.1 Å². The molecular weight excluding hydrogens is 1180 g/mol. The molecule has 26 heteroatoms. The van der Waals surface area contributed by atoms with Gasteiger partial charge in [-0.25, -0.2) is 29.9 Å². The first-order valence-corrected chi connectivity index (χ1v) is 30.4. The summed E-state index contributed by atoms with van der Waals surface area (Å²) in [6.45, 7) is 1.67. The van der Waals surface area contributed by atoms with Crippen molar-refractivity contribution in [2.24, 2.45) is 47.7 Å². The first-order chi connectivity index (χ1) is 45.1. The zero-order valence-electron chi connectivity index (χ0n) is 52.5. The first-order valence-electron chi connectivity index (χ1n) is 30.4. The van der Waals surface area contributed by atoms with Crippen molar-refractivity contribution in [3.8, 4) is 101 Å². The van der Waals surface area contributed by atoms with Crippen molar-refractivity contribution < 1.29 is 25.2 Å². The summed E-state index contributed by atoms with van der Waals surface area (Å²) in [7, 11) is 11.3. The number of aryl methyl sites for hydroxylation is 6. The molecule has 0 amide bonds. The summed E-state index contributed by atoms with van der Waals surface area (Å²) in [6, 6.07) is 24.2. The minimum atomic E-state index is -0.890. The maximum Gasteiger partial charge on any atom is 0.161 e. The molecule has 9 aromatic heterocycles. The first kappa shape index (κ1) is 62.5. The van der Waals surface area contributed by atoms with Gasteiger partial charge in [0.25, 0.3) is 0 Å². The molecule has 1 saturated carbocycles. The van der Waals surface area contributed by atoms with Crippen LogP contribution in [0.2, 0.25) is 0 Å². The van der Waals surface area contributed by atoms with Crippen molar-refractivity contribution in [3.63, 3.8) is 0 Å². The van der Waals surface area contributed by atoms with E-state index < -0.39 is 11.7 Å². The average Bonchev–Trinajstić information content (AvgIpc) is 1.78. The predicted molar refractivity (Wildman–Crippen MR) is 353 cm³/mol. The maximum absolute atomic E-state index is 10.4. The Morgan fingerprint density at radius 2 is 0.774 bits per heavy atom. The quantitative estimate of drug-likeness (QED) is 0.0392. The molecule has 93 heavy (non-hydrogen) atoms. The number of rotatable bonds is 20. The number of benzene rings is 3. The third-order valence-corrected chi connectivity index (χ3v) is 16.3. The molecule has 2 aliphatic rings. The molecule has 1 aliphatic heterocycles. The lowest BCUT2D eigenvalue weighted by atomic mass is 9.69. The molecule has 10 heterocycles. The number of nitrogens with zero attached hydrogens (tertiary/aromatic N) is 18. The van der Waals surface area contributed by atoms with E-state index >= 15 is 0 Å². The zero-order chi connectivity index (χ0) is 64.6. The van der Waals surface area contributed by atoms with Crippen LogP contribution in [0.4, 0.5) is 17.5 Å². The van der Waals surface area contributed by atoms with E-state index in [2.05, 4.69) is 73.6 Å². The van der Waals surface area contributed by atoms with Crippen molar-refractivity contribution in [1.82, 2.24) is 88.6 Å². The van der Waals surface area contributed by atoms with E-state index in [0.29, 0.717) is 55.4 Å². The molecule has 3 aromatic carbocycles. The van der Waals surface area contributed by atoms with Crippen molar-refractivity contribution in [1.29, 1.82) is 0 Å². The lowest BCUT2D eigenvalue weighted by Crippen LogP contribution is -2.54. The molecule has 7 N–H and O–H groups in total. The summed E-state index contributed by atoms with van der Waals surface area (Å²) in [5, 5.41) is 74.6. The van der Waals surface area contributed by atoms with Crippen molar-refractivity contribution >= 4 is 17.5 Å². The highest BCUT2D eigenvalue weighted by Crippen LogP contribution is 2.41. The Hall–Kier alpha value is -10.6. The molecule has 476 valence electrons. The van der Waals surface area contributed by atoms with E-state index in [-0.39, 0.29) is 25.2 Å². The number of aliphatic hydroxyl groups is 4. The molecule has 0 radical (unpaired) electrons. The Labute approximate surface area is 536 Å². The summed E-state index contributed by atoms with van der Waals surface area (Å²) >= 11 is 0. The molecule has 0 spiro atoms. The smallest absolute Gasteiger partial charge is 0.161 e. The molecule has 26 nitrogen and oxygen atoms in total. The minimum absolute atomic E-state index is 0.0580. The second-order valence-electron chi connectivity index (χ2n) is 23.7. The molecule has 0 bridgehead atoms. The van der Waals surface area contributed by atoms with Gasteiger partial charge < -0.3 is 41.1 Å². The van der Waals surface area contributed by atoms with Gasteiger partial charge in [-0.1, -0.05) is 61.0 Å². The van der Waals surface area contributed by atoms with Gasteiger partial charge in [-0.15, -0.1) is 0 Å². The second-order valence-corrected chi connectivity index (χ2v) is 23.7. The topological polar surface area (TPSA) is 310 Å². The lowest BCUT2D eigenvalue weighted by molar-refractivity contribution is -0.168. The summed E-state index contributed by atoms with van der Waals surface area (Å²) in [5.74, 6) is 3.76. The number of aromatic nitrogens is 18. The van der Waals surface area contributed by atoms with E-state index in [0.717, 1.165) is 109 Å². The van der Waals surface area contributed by atoms with E-state index in [1.807, 2.05) is 171 Å². The zero-order valence-corrected chi connectivity index (χ0v) is 52.5. The van der Waals surface area contributed by atoms with Crippen LogP contribution in [0.15, 0.2) is 166 Å². The summed E-state index contributed by atoms with van der Waals surface area (Å²) in [5.41, 5.74) is 13.2. The lowest BCUT2D eigenvalue weighted by Gasteiger charge is -2.40. The third-order valence-electron chi connectivity index (χ3n) is 16.3. The maximum atomic E-state index is 10.4. The van der Waals surface area contributed by atoms with Crippen LogP contribution in [0.1, 0.15) is 19.3 Å². The van der Waals surface area contributed by atoms with Crippen LogP contribution in [-0.4, -0.2) is 167 Å². The van der Waals surface area contributed by atoms with E-state index in [1.54, 1.807) is 52.9 Å². The fourth-order valence-corrected chi connectivity index (χ4v) is 10.8. The highest BCUT2D eigenvalue weighted by Gasteiger charge is 2.37. The Morgan fingerprint density at radius 3 is 1.06 bits per heavy atom. The number of hydrogen-bond donors (Lipinski definition) is 7. The SMILES string of the molecule is Cn1cc(-c2cccc(-c3ncc(-c4cnn(C)c4)c(NCC4(CO)CCC4)n3)c2)cn1.Cn1cc(-c2cccc(-c3ncc(-c4cnn(C)c4)c(NCC4(O)COC4)n3)c2)cn1.Cn1cc(-c2cccc(-c3ncc(-c4cnn(C)c4)c(NC[C@H](O)CO)n3)c2)cn1. The second kappa shape index (κ2) is 27.4. The van der Waals surface area contributed by atoms with Gasteiger partial charge in [-0.3, -0.25) is 28.1 Å². The van der Waals surface area contributed by atoms with Gasteiger partial charge in [0, 0.05) is 190 Å². The Bertz CT molecular complexity index is 4510. The number of nitrogens with one attached hydrogen (secondary N) is 3. The van der Waals surface area contributed by atoms with Gasteiger partial charge in [-0.2, -0.15) is 30.6 Å². The van der Waals surface area contributed by atoms with E-state index in [4.69, 9.17) is 24.8 Å². The predicted octanol–water partition coefficient (Wildman–Crippen LogP) is 7.35. The molecular formula is C67H73N21O5. The molecule has 1 atom stereocenters. The molecule has 1 saturated heterocycles. The third kappa shape index (κ3) is 14.8. The Kier molecular flexibility index (Phi) is 18.5. The molecule has 0 unspecified atom stereocenters. The Morgan fingerprint density at radius 1 is 0.441 bits per heavy atom. The largest absolute Gasteiger partial charge is 0.396 e. The van der Waals surface area contributed by atoms with Gasteiger partial charge >= 0.3 is 0 Å². The number of aliphatic hydroxyl groups excluding tert-OH is 3. The Balaban J connectivity index is 0.000000134. The van der Waals surface area contributed by atoms with Gasteiger partial charge in [0.2, 0.25) is 0 Å². The minimum Gasteiger partial charge on any atom is -0.396 e. The normalized spacial score (nSPS) is 14.0. The average molecular weight is 1250 g/mol. The van der Waals surface area contributed by atoms with Crippen LogP contribution < -0.4 is 16.0 Å². The van der Waals surface area contributed by atoms with Gasteiger partial charge in [-0.05, 0) is 47.7 Å². The fraction of sp³-hybridized carbons (Fsp3) is 0.284. The summed E-state index contributed by atoms with van der Waals surface area (Å²) in [4.78, 5) is 28.3. The molecule has 12 aromatic rings. The number of hydrogen-bond acceptors (Lipinski definition) is 20. The van der Waals surface area contributed by atoms with Crippen LogP contribution in [-0.2, 0) is 47.0 Å². The summed E-state index contributed by atoms with van der Waals surface area (Å²) in [6.07, 6.45) is 30.2. The highest BCUT2D eigenvalue weighted by molar-refractivity contribution is 5.80.